The molecular formula is C15H19N3O. The molecule has 1 aromatic carbocycles. The number of piperidine rings is 1. The normalized spacial score (nSPS) is 16.1. The number of hydrogen-bond donors (Lipinski definition) is 1. The number of nitrogens with zero attached hydrogens (tertiary/aromatic N) is 2. The second-order valence-corrected chi connectivity index (χ2v) is 4.97. The Balaban J connectivity index is 1.77. The number of hydrogen-bond acceptors (Lipinski definition) is 3. The Bertz CT molecular complexity index is 467. The summed E-state index contributed by atoms with van der Waals surface area (Å²) in [6.45, 7) is 4.14. The average Bonchev–Trinajstić information content (AvgIpc) is 2.46. The monoisotopic (exact) mass is 257 g/mol. The molecule has 0 radical (unpaired) electrons. The predicted molar refractivity (Wildman–Crippen MR) is 73.3 cm³/mol. The minimum atomic E-state index is 0.172. The minimum absolute atomic E-state index is 0.172. The smallest absolute Gasteiger partial charge is 0.219 e. The Morgan fingerprint density at radius 3 is 2.53 bits per heavy atom. The average molecular weight is 257 g/mol. The molecule has 2 rings (SSSR count). The van der Waals surface area contributed by atoms with E-state index in [1.807, 2.05) is 29.2 Å². The molecule has 1 N–H and O–H groups in total. The number of amides is 1. The fraction of sp³-hybridized carbons (Fsp3) is 0.467. The van der Waals surface area contributed by atoms with Crippen molar-refractivity contribution in [2.45, 2.75) is 32.4 Å². The predicted octanol–water partition coefficient (Wildman–Crippen LogP) is 1.66. The van der Waals surface area contributed by atoms with Gasteiger partial charge in [0.25, 0.3) is 0 Å². The molecule has 19 heavy (non-hydrogen) atoms. The number of carbonyl (C=O) groups excluding carboxylic acids is 1. The Morgan fingerprint density at radius 1 is 1.37 bits per heavy atom. The van der Waals surface area contributed by atoms with Crippen LogP contribution in [0.5, 0.6) is 0 Å². The highest BCUT2D eigenvalue weighted by Gasteiger charge is 2.19. The Labute approximate surface area is 114 Å². The van der Waals surface area contributed by atoms with Gasteiger partial charge in [-0.1, -0.05) is 12.1 Å². The third-order valence-electron chi connectivity index (χ3n) is 3.62. The summed E-state index contributed by atoms with van der Waals surface area (Å²) in [6.07, 6.45) is 2.02. The summed E-state index contributed by atoms with van der Waals surface area (Å²) in [5.74, 6) is 0.172. The first-order valence-electron chi connectivity index (χ1n) is 6.67. The molecule has 1 aliphatic heterocycles. The van der Waals surface area contributed by atoms with Crippen LogP contribution in [0.4, 0.5) is 0 Å². The second-order valence-electron chi connectivity index (χ2n) is 4.97. The van der Waals surface area contributed by atoms with Gasteiger partial charge in [0.2, 0.25) is 5.91 Å². The van der Waals surface area contributed by atoms with Gasteiger partial charge >= 0.3 is 0 Å². The number of benzene rings is 1. The van der Waals surface area contributed by atoms with E-state index < -0.39 is 0 Å². The van der Waals surface area contributed by atoms with Crippen molar-refractivity contribution in [3.05, 3.63) is 35.4 Å². The van der Waals surface area contributed by atoms with Crippen LogP contribution < -0.4 is 5.32 Å². The van der Waals surface area contributed by atoms with Gasteiger partial charge in [-0.25, -0.2) is 0 Å². The van der Waals surface area contributed by atoms with Gasteiger partial charge in [0.05, 0.1) is 11.6 Å². The van der Waals surface area contributed by atoms with Gasteiger partial charge in [0.15, 0.2) is 0 Å². The largest absolute Gasteiger partial charge is 0.343 e. The molecular weight excluding hydrogens is 238 g/mol. The van der Waals surface area contributed by atoms with Gasteiger partial charge in [-0.3, -0.25) is 4.79 Å². The summed E-state index contributed by atoms with van der Waals surface area (Å²) in [5, 5.41) is 12.2. The lowest BCUT2D eigenvalue weighted by Crippen LogP contribution is -2.43. The van der Waals surface area contributed by atoms with Gasteiger partial charge in [0, 0.05) is 32.6 Å². The standard InChI is InChI=1S/C15H19N3O/c1-12(19)18-8-6-15(7-9-18)17-11-14-4-2-13(10-16)3-5-14/h2-5,15,17H,6-9,11H2,1H3. The van der Waals surface area contributed by atoms with Crippen molar-refractivity contribution in [1.82, 2.24) is 10.2 Å². The fourth-order valence-corrected chi connectivity index (χ4v) is 2.36. The zero-order chi connectivity index (χ0) is 13.7. The van der Waals surface area contributed by atoms with Gasteiger partial charge < -0.3 is 10.2 Å². The molecule has 0 saturated carbocycles. The summed E-state index contributed by atoms with van der Waals surface area (Å²) in [5.41, 5.74) is 1.88. The molecule has 0 unspecified atom stereocenters. The minimum Gasteiger partial charge on any atom is -0.343 e. The molecule has 1 aromatic rings. The highest BCUT2D eigenvalue weighted by atomic mass is 16.2. The van der Waals surface area contributed by atoms with E-state index in [2.05, 4.69) is 11.4 Å². The zero-order valence-corrected chi connectivity index (χ0v) is 11.2. The van der Waals surface area contributed by atoms with Crippen LogP contribution in [0.1, 0.15) is 30.9 Å². The molecule has 0 bridgehead atoms. The summed E-state index contributed by atoms with van der Waals surface area (Å²) < 4.78 is 0. The summed E-state index contributed by atoms with van der Waals surface area (Å²) >= 11 is 0. The number of nitriles is 1. The molecule has 1 amide bonds. The van der Waals surface area contributed by atoms with E-state index >= 15 is 0 Å². The zero-order valence-electron chi connectivity index (χ0n) is 11.2. The van der Waals surface area contributed by atoms with Crippen molar-refractivity contribution in [3.63, 3.8) is 0 Å². The molecule has 4 heteroatoms. The van der Waals surface area contributed by atoms with Crippen molar-refractivity contribution >= 4 is 5.91 Å². The van der Waals surface area contributed by atoms with Crippen LogP contribution in [-0.4, -0.2) is 29.9 Å². The molecule has 4 nitrogen and oxygen atoms in total. The van der Waals surface area contributed by atoms with Crippen LogP contribution >= 0.6 is 0 Å². The lowest BCUT2D eigenvalue weighted by atomic mass is 10.0. The van der Waals surface area contributed by atoms with Crippen molar-refractivity contribution in [3.8, 4) is 6.07 Å². The summed E-state index contributed by atoms with van der Waals surface area (Å²) in [4.78, 5) is 13.1. The van der Waals surface area contributed by atoms with E-state index in [9.17, 15) is 4.79 Å². The molecule has 0 spiro atoms. The lowest BCUT2D eigenvalue weighted by Gasteiger charge is -2.31. The SMILES string of the molecule is CC(=O)N1CCC(NCc2ccc(C#N)cc2)CC1. The molecule has 0 atom stereocenters. The van der Waals surface area contributed by atoms with Crippen molar-refractivity contribution in [2.75, 3.05) is 13.1 Å². The van der Waals surface area contributed by atoms with E-state index in [-0.39, 0.29) is 5.91 Å². The number of carbonyl (C=O) groups is 1. The van der Waals surface area contributed by atoms with E-state index in [0.717, 1.165) is 32.5 Å². The van der Waals surface area contributed by atoms with Crippen molar-refractivity contribution in [1.29, 1.82) is 5.26 Å². The second kappa shape index (κ2) is 6.35. The van der Waals surface area contributed by atoms with E-state index in [1.54, 1.807) is 6.92 Å². The number of nitrogens with one attached hydrogen (secondary N) is 1. The molecule has 0 aromatic heterocycles. The Hall–Kier alpha value is -1.86. The van der Waals surface area contributed by atoms with Gasteiger partial charge in [-0.15, -0.1) is 0 Å². The maximum Gasteiger partial charge on any atom is 0.219 e. The molecule has 1 saturated heterocycles. The molecule has 0 aliphatic carbocycles. The van der Waals surface area contributed by atoms with Gasteiger partial charge in [0.1, 0.15) is 0 Å². The molecule has 1 heterocycles. The van der Waals surface area contributed by atoms with Crippen LogP contribution in [-0.2, 0) is 11.3 Å². The molecule has 1 fully saturated rings. The van der Waals surface area contributed by atoms with Crippen LogP contribution in [0.15, 0.2) is 24.3 Å². The molecule has 1 aliphatic rings. The Kier molecular flexibility index (Phi) is 4.53. The van der Waals surface area contributed by atoms with Crippen molar-refractivity contribution < 1.29 is 4.79 Å². The van der Waals surface area contributed by atoms with Gasteiger partial charge in [-0.05, 0) is 30.5 Å². The van der Waals surface area contributed by atoms with E-state index in [0.29, 0.717) is 11.6 Å². The quantitative estimate of drug-likeness (QED) is 0.896. The first-order chi connectivity index (χ1) is 9.19. The van der Waals surface area contributed by atoms with Crippen molar-refractivity contribution in [2.24, 2.45) is 0 Å². The maximum absolute atomic E-state index is 11.2. The highest BCUT2D eigenvalue weighted by molar-refractivity contribution is 5.73. The highest BCUT2D eigenvalue weighted by Crippen LogP contribution is 2.11. The maximum atomic E-state index is 11.2. The summed E-state index contributed by atoms with van der Waals surface area (Å²) in [6, 6.07) is 10.2. The first-order valence-corrected chi connectivity index (χ1v) is 6.67. The van der Waals surface area contributed by atoms with Crippen LogP contribution in [0, 0.1) is 11.3 Å². The number of rotatable bonds is 3. The van der Waals surface area contributed by atoms with Crippen LogP contribution in [0.25, 0.3) is 0 Å². The van der Waals surface area contributed by atoms with E-state index in [1.165, 1.54) is 5.56 Å². The van der Waals surface area contributed by atoms with Crippen LogP contribution in [0.2, 0.25) is 0 Å². The first kappa shape index (κ1) is 13.6. The summed E-state index contributed by atoms with van der Waals surface area (Å²) in [7, 11) is 0. The third kappa shape index (κ3) is 3.80. The fourth-order valence-electron chi connectivity index (χ4n) is 2.36. The Morgan fingerprint density at radius 2 is 2.00 bits per heavy atom. The van der Waals surface area contributed by atoms with E-state index in [4.69, 9.17) is 5.26 Å². The number of likely N-dealkylation sites (tertiary alicyclic amines) is 1. The lowest BCUT2D eigenvalue weighted by molar-refractivity contribution is -0.129. The van der Waals surface area contributed by atoms with Crippen LogP contribution in [0.3, 0.4) is 0 Å². The van der Waals surface area contributed by atoms with Gasteiger partial charge in [-0.2, -0.15) is 5.26 Å². The molecule has 100 valence electrons. The topological polar surface area (TPSA) is 56.1 Å². The third-order valence-corrected chi connectivity index (χ3v) is 3.62.